The molecule has 1 aliphatic rings. The molecular formula is C13H24N4. The summed E-state index contributed by atoms with van der Waals surface area (Å²) in [6.45, 7) is 9.38. The molecule has 0 spiro atoms. The molecule has 4 heteroatoms. The summed E-state index contributed by atoms with van der Waals surface area (Å²) in [4.78, 5) is 2.58. The number of hydrogen-bond acceptors (Lipinski definition) is 3. The molecule has 1 fully saturated rings. The van der Waals surface area contributed by atoms with Gasteiger partial charge in [0.05, 0.1) is 5.69 Å². The Morgan fingerprint density at radius 3 is 2.82 bits per heavy atom. The van der Waals surface area contributed by atoms with E-state index in [1.54, 1.807) is 6.20 Å². The fraction of sp³-hybridized carbons (Fsp3) is 0.769. The van der Waals surface area contributed by atoms with Crippen molar-refractivity contribution in [2.75, 3.05) is 26.2 Å². The maximum absolute atomic E-state index is 3.98. The first-order valence-electron chi connectivity index (χ1n) is 6.70. The predicted molar refractivity (Wildman–Crippen MR) is 69.8 cm³/mol. The summed E-state index contributed by atoms with van der Waals surface area (Å²) in [6, 6.07) is 2.39. The lowest BCUT2D eigenvalue weighted by Crippen LogP contribution is -2.32. The molecule has 4 nitrogen and oxygen atoms in total. The topological polar surface area (TPSA) is 44.0 Å². The molecule has 2 rings (SSSR count). The molecular weight excluding hydrogens is 212 g/mol. The lowest BCUT2D eigenvalue weighted by atomic mass is 10.1. The molecule has 1 aliphatic heterocycles. The van der Waals surface area contributed by atoms with Gasteiger partial charge in [-0.25, -0.2) is 0 Å². The van der Waals surface area contributed by atoms with Crippen LogP contribution in [0.3, 0.4) is 0 Å². The zero-order valence-corrected chi connectivity index (χ0v) is 10.9. The zero-order valence-electron chi connectivity index (χ0n) is 10.9. The highest BCUT2D eigenvalue weighted by Crippen LogP contribution is 2.11. The highest BCUT2D eigenvalue weighted by molar-refractivity contribution is 5.02. The Morgan fingerprint density at radius 1 is 1.41 bits per heavy atom. The minimum absolute atomic E-state index is 0.360. The third-order valence-corrected chi connectivity index (χ3v) is 3.53. The van der Waals surface area contributed by atoms with E-state index in [0.717, 1.165) is 6.54 Å². The van der Waals surface area contributed by atoms with Gasteiger partial charge in [0, 0.05) is 18.8 Å². The van der Waals surface area contributed by atoms with Crippen LogP contribution in [0.4, 0.5) is 0 Å². The van der Waals surface area contributed by atoms with Crippen molar-refractivity contribution in [1.29, 1.82) is 0 Å². The van der Waals surface area contributed by atoms with Crippen LogP contribution < -0.4 is 5.32 Å². The lowest BCUT2D eigenvalue weighted by Gasteiger charge is -2.22. The van der Waals surface area contributed by atoms with E-state index >= 15 is 0 Å². The number of rotatable bonds is 6. The minimum atomic E-state index is 0.360. The molecule has 0 bridgehead atoms. The number of nitrogens with zero attached hydrogens (tertiary/aromatic N) is 2. The van der Waals surface area contributed by atoms with Gasteiger partial charge in [-0.15, -0.1) is 0 Å². The van der Waals surface area contributed by atoms with Crippen LogP contribution >= 0.6 is 0 Å². The quantitative estimate of drug-likeness (QED) is 0.791. The molecule has 0 amide bonds. The van der Waals surface area contributed by atoms with Crippen LogP contribution in [-0.4, -0.2) is 41.3 Å². The van der Waals surface area contributed by atoms with E-state index in [1.165, 1.54) is 38.2 Å². The normalized spacial score (nSPS) is 20.6. The Morgan fingerprint density at radius 2 is 2.18 bits per heavy atom. The van der Waals surface area contributed by atoms with Crippen molar-refractivity contribution in [3.63, 3.8) is 0 Å². The van der Waals surface area contributed by atoms with E-state index in [9.17, 15) is 0 Å². The first-order chi connectivity index (χ1) is 8.25. The number of hydrogen-bond donors (Lipinski definition) is 2. The van der Waals surface area contributed by atoms with Crippen molar-refractivity contribution >= 4 is 0 Å². The molecule has 96 valence electrons. The molecule has 0 aliphatic carbocycles. The minimum Gasteiger partial charge on any atom is -0.309 e. The molecule has 0 aromatic carbocycles. The second-order valence-electron chi connectivity index (χ2n) is 5.25. The zero-order chi connectivity index (χ0) is 12.1. The van der Waals surface area contributed by atoms with Crippen molar-refractivity contribution in [3.05, 3.63) is 18.0 Å². The molecule has 2 heterocycles. The second kappa shape index (κ2) is 6.17. The summed E-state index contributed by atoms with van der Waals surface area (Å²) in [7, 11) is 0. The molecule has 0 saturated carbocycles. The van der Waals surface area contributed by atoms with Crippen LogP contribution in [0.1, 0.15) is 38.4 Å². The van der Waals surface area contributed by atoms with Gasteiger partial charge in [-0.2, -0.15) is 5.10 Å². The molecule has 2 unspecified atom stereocenters. The average Bonchev–Trinajstić information content (AvgIpc) is 2.97. The van der Waals surface area contributed by atoms with Gasteiger partial charge in [0.1, 0.15) is 0 Å². The molecule has 1 aromatic heterocycles. The summed E-state index contributed by atoms with van der Waals surface area (Å²) >= 11 is 0. The molecule has 17 heavy (non-hydrogen) atoms. The number of nitrogens with one attached hydrogen (secondary N) is 2. The molecule has 1 aromatic rings. The highest BCUT2D eigenvalue weighted by Gasteiger charge is 2.15. The van der Waals surface area contributed by atoms with Crippen LogP contribution in [0.2, 0.25) is 0 Å². The van der Waals surface area contributed by atoms with Crippen molar-refractivity contribution in [1.82, 2.24) is 20.4 Å². The summed E-state index contributed by atoms with van der Waals surface area (Å²) in [5, 5.41) is 10.6. The SMILES string of the molecule is CC(CNC(C)c1ccn[nH]1)CN1CCCC1. The molecule has 1 saturated heterocycles. The van der Waals surface area contributed by atoms with Crippen molar-refractivity contribution < 1.29 is 0 Å². The van der Waals surface area contributed by atoms with Crippen LogP contribution in [0.5, 0.6) is 0 Å². The van der Waals surface area contributed by atoms with E-state index in [0.29, 0.717) is 12.0 Å². The van der Waals surface area contributed by atoms with Crippen LogP contribution in [0.25, 0.3) is 0 Å². The van der Waals surface area contributed by atoms with E-state index in [2.05, 4.69) is 34.3 Å². The van der Waals surface area contributed by atoms with Crippen LogP contribution in [0, 0.1) is 5.92 Å². The molecule has 0 radical (unpaired) electrons. The van der Waals surface area contributed by atoms with E-state index in [-0.39, 0.29) is 0 Å². The predicted octanol–water partition coefficient (Wildman–Crippen LogP) is 1.79. The maximum atomic E-state index is 3.98. The molecule has 2 atom stereocenters. The van der Waals surface area contributed by atoms with E-state index in [4.69, 9.17) is 0 Å². The Bertz CT molecular complexity index is 303. The number of likely N-dealkylation sites (tertiary alicyclic amines) is 1. The summed E-state index contributed by atoms with van der Waals surface area (Å²) in [5.74, 6) is 0.707. The number of aromatic nitrogens is 2. The van der Waals surface area contributed by atoms with Crippen molar-refractivity contribution in [3.8, 4) is 0 Å². The Hall–Kier alpha value is -0.870. The largest absolute Gasteiger partial charge is 0.309 e. The van der Waals surface area contributed by atoms with Gasteiger partial charge >= 0.3 is 0 Å². The lowest BCUT2D eigenvalue weighted by molar-refractivity contribution is 0.278. The second-order valence-corrected chi connectivity index (χ2v) is 5.25. The average molecular weight is 236 g/mol. The third kappa shape index (κ3) is 3.82. The maximum Gasteiger partial charge on any atom is 0.0518 e. The van der Waals surface area contributed by atoms with Crippen molar-refractivity contribution in [2.45, 2.75) is 32.7 Å². The Labute approximate surface area is 104 Å². The Balaban J connectivity index is 1.66. The smallest absolute Gasteiger partial charge is 0.0518 e. The number of aromatic amines is 1. The Kier molecular flexibility index (Phi) is 4.57. The molecule has 2 N–H and O–H groups in total. The third-order valence-electron chi connectivity index (χ3n) is 3.53. The van der Waals surface area contributed by atoms with Gasteiger partial charge < -0.3 is 10.2 Å². The highest BCUT2D eigenvalue weighted by atomic mass is 15.1. The first-order valence-corrected chi connectivity index (χ1v) is 6.70. The van der Waals surface area contributed by atoms with Crippen LogP contribution in [-0.2, 0) is 0 Å². The first kappa shape index (κ1) is 12.6. The van der Waals surface area contributed by atoms with Gasteiger partial charge in [-0.3, -0.25) is 5.10 Å². The fourth-order valence-electron chi connectivity index (χ4n) is 2.47. The van der Waals surface area contributed by atoms with Gasteiger partial charge in [0.2, 0.25) is 0 Å². The van der Waals surface area contributed by atoms with Gasteiger partial charge in [-0.1, -0.05) is 6.92 Å². The van der Waals surface area contributed by atoms with E-state index < -0.39 is 0 Å². The van der Waals surface area contributed by atoms with Gasteiger partial charge in [-0.05, 0) is 51.4 Å². The fourth-order valence-corrected chi connectivity index (χ4v) is 2.47. The van der Waals surface area contributed by atoms with Gasteiger partial charge in [0.15, 0.2) is 0 Å². The van der Waals surface area contributed by atoms with Crippen LogP contribution in [0.15, 0.2) is 12.3 Å². The summed E-state index contributed by atoms with van der Waals surface area (Å²) < 4.78 is 0. The van der Waals surface area contributed by atoms with E-state index in [1.807, 2.05) is 6.07 Å². The van der Waals surface area contributed by atoms with Gasteiger partial charge in [0.25, 0.3) is 0 Å². The van der Waals surface area contributed by atoms with Crippen molar-refractivity contribution in [2.24, 2.45) is 5.92 Å². The summed E-state index contributed by atoms with van der Waals surface area (Å²) in [6.07, 6.45) is 4.57. The summed E-state index contributed by atoms with van der Waals surface area (Å²) in [5.41, 5.74) is 1.17. The monoisotopic (exact) mass is 236 g/mol. The number of H-pyrrole nitrogens is 1. The standard InChI is InChI=1S/C13H24N4/c1-11(10-17-7-3-4-8-17)9-14-12(2)13-5-6-15-16-13/h5-6,11-12,14H,3-4,7-10H2,1-2H3,(H,15,16).